The van der Waals surface area contributed by atoms with Crippen LogP contribution in [0.25, 0.3) is 0 Å². The number of rotatable bonds is 6. The second-order valence-electron chi connectivity index (χ2n) is 4.54. The Morgan fingerprint density at radius 3 is 2.26 bits per heavy atom. The molecule has 4 heteroatoms. The Bertz CT molecular complexity index is 595. The molecule has 0 saturated carbocycles. The standard InChI is InChI=1S/C15H17NO2S/c17-19(18,13-15-8-10-16-11-9-15)12-4-7-14-5-2-1-3-6-14/h1-3,5-6,8-11H,4,7,12-13H2. The molecule has 0 atom stereocenters. The molecule has 0 radical (unpaired) electrons. The first kappa shape index (κ1) is 13.7. The van der Waals surface area contributed by atoms with Crippen LogP contribution in [-0.2, 0) is 22.0 Å². The fourth-order valence-corrected chi connectivity index (χ4v) is 3.37. The molecule has 0 saturated heterocycles. The highest BCUT2D eigenvalue weighted by Crippen LogP contribution is 2.09. The monoisotopic (exact) mass is 275 g/mol. The van der Waals surface area contributed by atoms with Crippen molar-refractivity contribution in [3.63, 3.8) is 0 Å². The van der Waals surface area contributed by atoms with Gasteiger partial charge in [0.05, 0.1) is 11.5 Å². The van der Waals surface area contributed by atoms with Gasteiger partial charge in [-0.2, -0.15) is 0 Å². The van der Waals surface area contributed by atoms with E-state index in [9.17, 15) is 8.42 Å². The first-order chi connectivity index (χ1) is 9.16. The number of aromatic nitrogens is 1. The molecule has 0 fully saturated rings. The average Bonchev–Trinajstić information content (AvgIpc) is 2.40. The summed E-state index contributed by atoms with van der Waals surface area (Å²) in [6.07, 6.45) is 4.71. The first-order valence-electron chi connectivity index (χ1n) is 6.29. The number of aryl methyl sites for hydroxylation is 1. The maximum atomic E-state index is 12.0. The zero-order valence-electron chi connectivity index (χ0n) is 10.7. The maximum absolute atomic E-state index is 12.0. The summed E-state index contributed by atoms with van der Waals surface area (Å²) in [6.45, 7) is 0. The van der Waals surface area contributed by atoms with Crippen molar-refractivity contribution in [1.82, 2.24) is 4.98 Å². The minimum atomic E-state index is -3.03. The lowest BCUT2D eigenvalue weighted by Gasteiger charge is -2.04. The van der Waals surface area contributed by atoms with Gasteiger partial charge in [0.25, 0.3) is 0 Å². The molecule has 3 nitrogen and oxygen atoms in total. The van der Waals surface area contributed by atoms with Gasteiger partial charge >= 0.3 is 0 Å². The number of hydrogen-bond donors (Lipinski definition) is 0. The number of benzene rings is 1. The summed E-state index contributed by atoms with van der Waals surface area (Å²) in [5.74, 6) is 0.328. The lowest BCUT2D eigenvalue weighted by molar-refractivity contribution is 0.592. The molecule has 0 bridgehead atoms. The lowest BCUT2D eigenvalue weighted by atomic mass is 10.1. The molecule has 0 amide bonds. The molecular formula is C15H17NO2S. The summed E-state index contributed by atoms with van der Waals surface area (Å²) in [6, 6.07) is 13.4. The van der Waals surface area contributed by atoms with E-state index < -0.39 is 9.84 Å². The number of sulfone groups is 1. The molecule has 1 heterocycles. The fourth-order valence-electron chi connectivity index (χ4n) is 1.95. The molecule has 0 aliphatic heterocycles. The van der Waals surface area contributed by atoms with E-state index in [1.54, 1.807) is 24.5 Å². The molecule has 0 aliphatic carbocycles. The molecule has 100 valence electrons. The van der Waals surface area contributed by atoms with Crippen LogP contribution in [0.3, 0.4) is 0 Å². The van der Waals surface area contributed by atoms with Crippen LogP contribution in [0.1, 0.15) is 17.5 Å². The van der Waals surface area contributed by atoms with Crippen LogP contribution in [0.2, 0.25) is 0 Å². The van der Waals surface area contributed by atoms with Crippen molar-refractivity contribution in [2.75, 3.05) is 5.75 Å². The number of nitrogens with zero attached hydrogens (tertiary/aromatic N) is 1. The smallest absolute Gasteiger partial charge is 0.154 e. The van der Waals surface area contributed by atoms with Crippen LogP contribution in [0.4, 0.5) is 0 Å². The number of pyridine rings is 1. The molecule has 1 aromatic heterocycles. The highest BCUT2D eigenvalue weighted by molar-refractivity contribution is 7.90. The molecule has 0 spiro atoms. The third kappa shape index (κ3) is 4.83. The third-order valence-electron chi connectivity index (χ3n) is 2.90. The average molecular weight is 275 g/mol. The predicted octanol–water partition coefficient (Wildman–Crippen LogP) is 2.63. The summed E-state index contributed by atoms with van der Waals surface area (Å²) in [4.78, 5) is 3.88. The quantitative estimate of drug-likeness (QED) is 0.814. The van der Waals surface area contributed by atoms with Crippen LogP contribution >= 0.6 is 0 Å². The van der Waals surface area contributed by atoms with Gasteiger partial charge in [-0.25, -0.2) is 8.42 Å². The van der Waals surface area contributed by atoms with Gasteiger partial charge in [-0.3, -0.25) is 4.98 Å². The topological polar surface area (TPSA) is 47.0 Å². The Morgan fingerprint density at radius 2 is 1.58 bits per heavy atom. The van der Waals surface area contributed by atoms with Gasteiger partial charge in [0.15, 0.2) is 9.84 Å². The molecule has 0 N–H and O–H groups in total. The van der Waals surface area contributed by atoms with Gasteiger partial charge in [-0.15, -0.1) is 0 Å². The Hall–Kier alpha value is -1.68. The zero-order chi connectivity index (χ0) is 13.6. The second kappa shape index (κ2) is 6.48. The van der Waals surface area contributed by atoms with Crippen LogP contribution in [-0.4, -0.2) is 19.2 Å². The Balaban J connectivity index is 1.85. The third-order valence-corrected chi connectivity index (χ3v) is 4.58. The van der Waals surface area contributed by atoms with E-state index in [0.717, 1.165) is 12.0 Å². The van der Waals surface area contributed by atoms with E-state index in [1.807, 2.05) is 30.3 Å². The van der Waals surface area contributed by atoms with Crippen molar-refractivity contribution < 1.29 is 8.42 Å². The maximum Gasteiger partial charge on any atom is 0.154 e. The summed E-state index contributed by atoms with van der Waals surface area (Å²) in [7, 11) is -3.03. The van der Waals surface area contributed by atoms with E-state index in [1.165, 1.54) is 5.56 Å². The summed E-state index contributed by atoms with van der Waals surface area (Å²) in [5, 5.41) is 0. The van der Waals surface area contributed by atoms with Gasteiger partial charge in [0, 0.05) is 12.4 Å². The van der Waals surface area contributed by atoms with Crippen molar-refractivity contribution >= 4 is 9.84 Å². The molecule has 1 aromatic carbocycles. The minimum absolute atomic E-state index is 0.101. The molecular weight excluding hydrogens is 258 g/mol. The van der Waals surface area contributed by atoms with Crippen LogP contribution < -0.4 is 0 Å². The van der Waals surface area contributed by atoms with Gasteiger partial charge in [0.1, 0.15) is 0 Å². The zero-order valence-corrected chi connectivity index (χ0v) is 11.5. The fraction of sp³-hybridized carbons (Fsp3) is 0.267. The van der Waals surface area contributed by atoms with Crippen molar-refractivity contribution in [3.8, 4) is 0 Å². The highest BCUT2D eigenvalue weighted by Gasteiger charge is 2.11. The van der Waals surface area contributed by atoms with Crippen molar-refractivity contribution in [1.29, 1.82) is 0 Å². The van der Waals surface area contributed by atoms with E-state index >= 15 is 0 Å². The van der Waals surface area contributed by atoms with Gasteiger partial charge in [-0.1, -0.05) is 30.3 Å². The molecule has 19 heavy (non-hydrogen) atoms. The summed E-state index contributed by atoms with van der Waals surface area (Å²) >= 11 is 0. The molecule has 0 unspecified atom stereocenters. The van der Waals surface area contributed by atoms with Crippen molar-refractivity contribution in [2.45, 2.75) is 18.6 Å². The lowest BCUT2D eigenvalue weighted by Crippen LogP contribution is -2.10. The second-order valence-corrected chi connectivity index (χ2v) is 6.72. The summed E-state index contributed by atoms with van der Waals surface area (Å²) in [5.41, 5.74) is 1.98. The van der Waals surface area contributed by atoms with E-state index in [4.69, 9.17) is 0 Å². The van der Waals surface area contributed by atoms with Gasteiger partial charge in [0.2, 0.25) is 0 Å². The van der Waals surface area contributed by atoms with Crippen molar-refractivity contribution in [3.05, 3.63) is 66.0 Å². The highest BCUT2D eigenvalue weighted by atomic mass is 32.2. The van der Waals surface area contributed by atoms with E-state index in [-0.39, 0.29) is 11.5 Å². The molecule has 2 rings (SSSR count). The summed E-state index contributed by atoms with van der Waals surface area (Å²) < 4.78 is 23.9. The number of hydrogen-bond acceptors (Lipinski definition) is 3. The van der Waals surface area contributed by atoms with E-state index in [2.05, 4.69) is 4.98 Å². The molecule has 0 aliphatic rings. The Labute approximate surface area is 114 Å². The van der Waals surface area contributed by atoms with Crippen LogP contribution in [0.15, 0.2) is 54.9 Å². The van der Waals surface area contributed by atoms with Crippen molar-refractivity contribution in [2.24, 2.45) is 0 Å². The van der Waals surface area contributed by atoms with Gasteiger partial charge < -0.3 is 0 Å². The largest absolute Gasteiger partial charge is 0.265 e. The Morgan fingerprint density at radius 1 is 0.895 bits per heavy atom. The first-order valence-corrected chi connectivity index (χ1v) is 8.11. The normalized spacial score (nSPS) is 11.4. The SMILES string of the molecule is O=S(=O)(CCCc1ccccc1)Cc1ccncc1. The Kier molecular flexibility index (Phi) is 4.68. The van der Waals surface area contributed by atoms with Gasteiger partial charge in [-0.05, 0) is 36.1 Å². The van der Waals surface area contributed by atoms with Crippen LogP contribution in [0, 0.1) is 0 Å². The van der Waals surface area contributed by atoms with Crippen LogP contribution in [0.5, 0.6) is 0 Å². The van der Waals surface area contributed by atoms with E-state index in [0.29, 0.717) is 6.42 Å². The molecule has 2 aromatic rings. The minimum Gasteiger partial charge on any atom is -0.265 e. The predicted molar refractivity (Wildman–Crippen MR) is 76.5 cm³/mol.